The van der Waals surface area contributed by atoms with Crippen LogP contribution in [0.5, 0.6) is 0 Å². The lowest BCUT2D eigenvalue weighted by Gasteiger charge is -2.15. The van der Waals surface area contributed by atoms with Crippen molar-refractivity contribution in [2.24, 2.45) is 0 Å². The number of hydrogen-bond acceptors (Lipinski definition) is 5. The molecule has 0 saturated heterocycles. The van der Waals surface area contributed by atoms with Crippen LogP contribution in [0.25, 0.3) is 0 Å². The first kappa shape index (κ1) is 13.7. The molecular formula is C11H8N4O2S. The Morgan fingerprint density at radius 1 is 1.11 bits per heavy atom. The zero-order chi connectivity index (χ0) is 13.6. The van der Waals surface area contributed by atoms with E-state index in [9.17, 15) is 8.42 Å². The van der Waals surface area contributed by atoms with Gasteiger partial charge in [0, 0.05) is 0 Å². The summed E-state index contributed by atoms with van der Waals surface area (Å²) < 4.78 is 24.9. The van der Waals surface area contributed by atoms with Crippen LogP contribution in [0.3, 0.4) is 0 Å². The van der Waals surface area contributed by atoms with E-state index in [2.05, 4.69) is 0 Å². The lowest BCUT2D eigenvalue weighted by atomic mass is 10.2. The fraction of sp³-hybridized carbons (Fsp3) is 0.182. The van der Waals surface area contributed by atoms with Crippen molar-refractivity contribution in [3.8, 4) is 18.2 Å². The van der Waals surface area contributed by atoms with E-state index in [1.807, 2.05) is 6.07 Å². The highest BCUT2D eigenvalue weighted by Gasteiger charge is 2.24. The zero-order valence-electron chi connectivity index (χ0n) is 9.24. The van der Waals surface area contributed by atoms with Crippen molar-refractivity contribution in [3.63, 3.8) is 0 Å². The standard InChI is InChI=1S/C11H8N4O2S/c12-4-6-15(7-5-13)18(16,17)11-3-1-2-10(8-11)9-14/h1-3,8H,6-7H2. The Hall–Kier alpha value is -2.40. The molecule has 0 atom stereocenters. The predicted octanol–water partition coefficient (Wildman–Crippen LogP) is 0.596. The summed E-state index contributed by atoms with van der Waals surface area (Å²) in [5.74, 6) is 0. The van der Waals surface area contributed by atoms with Gasteiger partial charge in [-0.15, -0.1) is 0 Å². The van der Waals surface area contributed by atoms with Gasteiger partial charge in [0.25, 0.3) is 0 Å². The van der Waals surface area contributed by atoms with Gasteiger partial charge < -0.3 is 0 Å². The predicted molar refractivity (Wildman–Crippen MR) is 61.1 cm³/mol. The number of nitriles is 3. The number of hydrogen-bond donors (Lipinski definition) is 0. The minimum Gasteiger partial charge on any atom is -0.207 e. The Bertz CT molecular complexity index is 646. The molecule has 0 aromatic heterocycles. The zero-order valence-corrected chi connectivity index (χ0v) is 10.1. The molecule has 1 rings (SSSR count). The summed E-state index contributed by atoms with van der Waals surface area (Å²) >= 11 is 0. The van der Waals surface area contributed by atoms with Crippen molar-refractivity contribution in [1.82, 2.24) is 4.31 Å². The Labute approximate surface area is 105 Å². The van der Waals surface area contributed by atoms with E-state index in [-0.39, 0.29) is 10.5 Å². The number of nitrogens with zero attached hydrogens (tertiary/aromatic N) is 4. The summed E-state index contributed by atoms with van der Waals surface area (Å²) in [5, 5.41) is 25.8. The molecule has 0 N–H and O–H groups in total. The van der Waals surface area contributed by atoms with Crippen LogP contribution in [0.2, 0.25) is 0 Å². The normalized spacial score (nSPS) is 10.3. The molecule has 90 valence electrons. The average molecular weight is 260 g/mol. The maximum absolute atomic E-state index is 12.1. The molecule has 0 aliphatic carbocycles. The van der Waals surface area contributed by atoms with Crippen LogP contribution in [0.1, 0.15) is 5.56 Å². The minimum atomic E-state index is -3.92. The van der Waals surface area contributed by atoms with E-state index in [0.717, 1.165) is 4.31 Å². The first-order valence-corrected chi connectivity index (χ1v) is 6.24. The van der Waals surface area contributed by atoms with Gasteiger partial charge in [-0.1, -0.05) is 6.07 Å². The first-order chi connectivity index (χ1) is 8.56. The molecule has 1 aromatic carbocycles. The maximum Gasteiger partial charge on any atom is 0.245 e. The van der Waals surface area contributed by atoms with Crippen molar-refractivity contribution in [3.05, 3.63) is 29.8 Å². The van der Waals surface area contributed by atoms with Gasteiger partial charge in [0.2, 0.25) is 10.0 Å². The van der Waals surface area contributed by atoms with Crippen LogP contribution >= 0.6 is 0 Å². The van der Waals surface area contributed by atoms with E-state index in [1.54, 1.807) is 12.1 Å². The van der Waals surface area contributed by atoms with E-state index < -0.39 is 23.1 Å². The monoisotopic (exact) mass is 260 g/mol. The summed E-state index contributed by atoms with van der Waals surface area (Å²) in [6.07, 6.45) is 0. The highest BCUT2D eigenvalue weighted by Crippen LogP contribution is 2.16. The molecule has 1 aromatic rings. The van der Waals surface area contributed by atoms with Gasteiger partial charge in [-0.05, 0) is 18.2 Å². The van der Waals surface area contributed by atoms with Crippen molar-refractivity contribution in [2.75, 3.05) is 13.1 Å². The van der Waals surface area contributed by atoms with Crippen LogP contribution in [-0.4, -0.2) is 25.8 Å². The molecule has 0 unspecified atom stereocenters. The SMILES string of the molecule is N#CCN(CC#N)S(=O)(=O)c1cccc(C#N)c1. The highest BCUT2D eigenvalue weighted by atomic mass is 32.2. The molecule has 18 heavy (non-hydrogen) atoms. The Balaban J connectivity index is 3.24. The van der Waals surface area contributed by atoms with E-state index in [0.29, 0.717) is 0 Å². The van der Waals surface area contributed by atoms with Crippen LogP contribution < -0.4 is 0 Å². The maximum atomic E-state index is 12.1. The summed E-state index contributed by atoms with van der Waals surface area (Å²) in [7, 11) is -3.92. The molecule has 0 heterocycles. The second kappa shape index (κ2) is 5.79. The van der Waals surface area contributed by atoms with Crippen molar-refractivity contribution < 1.29 is 8.42 Å². The van der Waals surface area contributed by atoms with E-state index in [1.165, 1.54) is 24.3 Å². The van der Waals surface area contributed by atoms with Gasteiger partial charge in [-0.2, -0.15) is 20.1 Å². The third-order valence-electron chi connectivity index (χ3n) is 2.10. The third-order valence-corrected chi connectivity index (χ3v) is 3.88. The van der Waals surface area contributed by atoms with Crippen LogP contribution in [0, 0.1) is 34.0 Å². The molecule has 0 radical (unpaired) electrons. The van der Waals surface area contributed by atoms with E-state index in [4.69, 9.17) is 15.8 Å². The summed E-state index contributed by atoms with van der Waals surface area (Å²) in [5.41, 5.74) is 0.199. The van der Waals surface area contributed by atoms with Crippen molar-refractivity contribution in [2.45, 2.75) is 4.90 Å². The summed E-state index contributed by atoms with van der Waals surface area (Å²) in [6.45, 7) is -0.820. The second-order valence-corrected chi connectivity index (χ2v) is 5.17. The van der Waals surface area contributed by atoms with Crippen LogP contribution in [0.4, 0.5) is 0 Å². The largest absolute Gasteiger partial charge is 0.245 e. The molecule has 0 amide bonds. The quantitative estimate of drug-likeness (QED) is 0.736. The van der Waals surface area contributed by atoms with Crippen LogP contribution in [0.15, 0.2) is 29.2 Å². The molecular weight excluding hydrogens is 252 g/mol. The smallest absolute Gasteiger partial charge is 0.207 e. The fourth-order valence-electron chi connectivity index (χ4n) is 1.26. The van der Waals surface area contributed by atoms with Gasteiger partial charge >= 0.3 is 0 Å². The number of benzene rings is 1. The molecule has 6 nitrogen and oxygen atoms in total. The fourth-order valence-corrected chi connectivity index (χ4v) is 2.54. The summed E-state index contributed by atoms with van der Waals surface area (Å²) in [4.78, 5) is -0.105. The third kappa shape index (κ3) is 2.83. The van der Waals surface area contributed by atoms with Crippen molar-refractivity contribution >= 4 is 10.0 Å². The summed E-state index contributed by atoms with van der Waals surface area (Å²) in [6, 6.07) is 10.6. The van der Waals surface area contributed by atoms with Gasteiger partial charge in [-0.3, -0.25) is 0 Å². The lowest BCUT2D eigenvalue weighted by molar-refractivity contribution is 0.479. The highest BCUT2D eigenvalue weighted by molar-refractivity contribution is 7.89. The van der Waals surface area contributed by atoms with Gasteiger partial charge in [0.15, 0.2) is 0 Å². The lowest BCUT2D eigenvalue weighted by Crippen LogP contribution is -2.31. The van der Waals surface area contributed by atoms with Gasteiger partial charge in [-0.25, -0.2) is 8.42 Å². The number of sulfonamides is 1. The van der Waals surface area contributed by atoms with Crippen LogP contribution in [-0.2, 0) is 10.0 Å². The first-order valence-electron chi connectivity index (χ1n) is 4.80. The minimum absolute atomic E-state index is 0.105. The van der Waals surface area contributed by atoms with Gasteiger partial charge in [0.1, 0.15) is 13.1 Å². The Morgan fingerprint density at radius 3 is 2.22 bits per heavy atom. The molecule has 0 spiro atoms. The number of rotatable bonds is 4. The molecule has 0 aliphatic rings. The molecule has 7 heteroatoms. The molecule has 0 saturated carbocycles. The molecule has 0 bridgehead atoms. The topological polar surface area (TPSA) is 109 Å². The second-order valence-electron chi connectivity index (χ2n) is 3.23. The average Bonchev–Trinajstić information content (AvgIpc) is 2.38. The molecule has 0 fully saturated rings. The van der Waals surface area contributed by atoms with Crippen molar-refractivity contribution in [1.29, 1.82) is 15.8 Å². The van der Waals surface area contributed by atoms with Gasteiger partial charge in [0.05, 0.1) is 28.7 Å². The Morgan fingerprint density at radius 2 is 1.72 bits per heavy atom. The Kier molecular flexibility index (Phi) is 4.39. The molecule has 0 aliphatic heterocycles. The van der Waals surface area contributed by atoms with E-state index >= 15 is 0 Å².